The molecule has 1 N–H and O–H groups in total. The molecule has 0 aromatic heterocycles. The minimum Gasteiger partial charge on any atom is -0.368 e. The zero-order valence-corrected chi connectivity index (χ0v) is 19.1. The standard InChI is InChI=1S/C27H25F4N3O/c1-17-2-9-22(10-3-17)33-12-13-34-24-11-4-19(27(29,30)31)14-18(24)15-23(25(34)16-33)26(35)32-21-7-5-20(28)6-8-21/h2-11,14,23,25H,12-13,15-16H2,1H3,(H,32,35)/t23-,25-/m1/s1. The maximum atomic E-state index is 13.4. The van der Waals surface area contributed by atoms with Crippen LogP contribution in [0.5, 0.6) is 0 Å². The van der Waals surface area contributed by atoms with Crippen molar-refractivity contribution in [2.75, 3.05) is 34.8 Å². The molecule has 2 atom stereocenters. The average molecular weight is 484 g/mol. The van der Waals surface area contributed by atoms with Gasteiger partial charge in [-0.1, -0.05) is 17.7 Å². The van der Waals surface area contributed by atoms with Crippen LogP contribution >= 0.6 is 0 Å². The van der Waals surface area contributed by atoms with Gasteiger partial charge in [0.1, 0.15) is 5.82 Å². The minimum atomic E-state index is -4.46. The Balaban J connectivity index is 1.48. The number of hydrogen-bond acceptors (Lipinski definition) is 3. The van der Waals surface area contributed by atoms with E-state index in [1.165, 1.54) is 30.3 Å². The third kappa shape index (κ3) is 4.70. The Morgan fingerprint density at radius 3 is 2.37 bits per heavy atom. The maximum absolute atomic E-state index is 13.4. The smallest absolute Gasteiger partial charge is 0.368 e. The van der Waals surface area contributed by atoms with Crippen molar-refractivity contribution in [3.63, 3.8) is 0 Å². The highest BCUT2D eigenvalue weighted by Crippen LogP contribution is 2.40. The fourth-order valence-corrected chi connectivity index (χ4v) is 5.06. The summed E-state index contributed by atoms with van der Waals surface area (Å²) in [5.74, 6) is -1.29. The summed E-state index contributed by atoms with van der Waals surface area (Å²) in [5.41, 5.74) is 3.19. The molecule has 0 bridgehead atoms. The van der Waals surface area contributed by atoms with E-state index in [0.717, 1.165) is 29.1 Å². The largest absolute Gasteiger partial charge is 0.416 e. The molecule has 2 aliphatic heterocycles. The molecule has 3 aromatic carbocycles. The van der Waals surface area contributed by atoms with Crippen LogP contribution in [0.3, 0.4) is 0 Å². The lowest BCUT2D eigenvalue weighted by Crippen LogP contribution is -2.60. The van der Waals surface area contributed by atoms with Crippen LogP contribution in [0, 0.1) is 18.7 Å². The number of carbonyl (C=O) groups is 1. The predicted molar refractivity (Wildman–Crippen MR) is 128 cm³/mol. The van der Waals surface area contributed by atoms with Gasteiger partial charge in [-0.15, -0.1) is 0 Å². The van der Waals surface area contributed by atoms with Crippen molar-refractivity contribution in [3.05, 3.63) is 89.2 Å². The number of carbonyl (C=O) groups excluding carboxylic acids is 1. The number of fused-ring (bicyclic) bond motifs is 3. The monoisotopic (exact) mass is 483 g/mol. The van der Waals surface area contributed by atoms with E-state index in [2.05, 4.69) is 15.1 Å². The van der Waals surface area contributed by atoms with E-state index in [1.54, 1.807) is 0 Å². The summed E-state index contributed by atoms with van der Waals surface area (Å²) in [4.78, 5) is 17.7. The van der Waals surface area contributed by atoms with E-state index in [4.69, 9.17) is 0 Å². The van der Waals surface area contributed by atoms with Gasteiger partial charge in [-0.05, 0) is 73.5 Å². The molecular formula is C27H25F4N3O. The maximum Gasteiger partial charge on any atom is 0.416 e. The van der Waals surface area contributed by atoms with Gasteiger partial charge in [-0.25, -0.2) is 4.39 Å². The van der Waals surface area contributed by atoms with Gasteiger partial charge < -0.3 is 15.1 Å². The summed E-state index contributed by atoms with van der Waals surface area (Å²) in [7, 11) is 0. The molecule has 0 spiro atoms. The Kier molecular flexibility index (Phi) is 5.91. The van der Waals surface area contributed by atoms with Crippen LogP contribution < -0.4 is 15.1 Å². The summed E-state index contributed by atoms with van der Waals surface area (Å²) in [5, 5.41) is 2.84. The second-order valence-electron chi connectivity index (χ2n) is 9.19. The van der Waals surface area contributed by atoms with Crippen LogP contribution in [0.1, 0.15) is 16.7 Å². The van der Waals surface area contributed by atoms with E-state index in [9.17, 15) is 22.4 Å². The Labute approximate surface area is 201 Å². The lowest BCUT2D eigenvalue weighted by molar-refractivity contribution is -0.137. The molecule has 4 nitrogen and oxygen atoms in total. The van der Waals surface area contributed by atoms with Gasteiger partial charge in [-0.3, -0.25) is 4.79 Å². The summed E-state index contributed by atoms with van der Waals surface area (Å²) in [6, 6.07) is 17.2. The van der Waals surface area contributed by atoms with Crippen molar-refractivity contribution >= 4 is 23.0 Å². The molecule has 0 saturated carbocycles. The van der Waals surface area contributed by atoms with Crippen molar-refractivity contribution in [3.8, 4) is 0 Å². The highest BCUT2D eigenvalue weighted by atomic mass is 19.4. The van der Waals surface area contributed by atoms with E-state index in [-0.39, 0.29) is 18.4 Å². The van der Waals surface area contributed by atoms with Crippen molar-refractivity contribution < 1.29 is 22.4 Å². The lowest BCUT2D eigenvalue weighted by Gasteiger charge is -2.49. The number of nitrogens with zero attached hydrogens (tertiary/aromatic N) is 2. The zero-order valence-electron chi connectivity index (χ0n) is 19.1. The summed E-state index contributed by atoms with van der Waals surface area (Å²) >= 11 is 0. The normalized spacial score (nSPS) is 19.7. The third-order valence-corrected chi connectivity index (χ3v) is 6.89. The average Bonchev–Trinajstić information content (AvgIpc) is 2.84. The molecule has 1 saturated heterocycles. The van der Waals surface area contributed by atoms with E-state index in [1.807, 2.05) is 31.2 Å². The topological polar surface area (TPSA) is 35.6 Å². The summed E-state index contributed by atoms with van der Waals surface area (Å²) in [6.45, 7) is 3.85. The van der Waals surface area contributed by atoms with Crippen molar-refractivity contribution in [2.24, 2.45) is 5.92 Å². The van der Waals surface area contributed by atoms with Crippen LogP contribution in [0.25, 0.3) is 0 Å². The molecule has 1 fully saturated rings. The number of piperazine rings is 1. The molecule has 182 valence electrons. The van der Waals surface area contributed by atoms with Gasteiger partial charge in [0.15, 0.2) is 0 Å². The first-order valence-electron chi connectivity index (χ1n) is 11.5. The number of nitrogens with one attached hydrogen (secondary N) is 1. The molecule has 2 heterocycles. The molecule has 1 amide bonds. The SMILES string of the molecule is Cc1ccc(N2CCN3c4ccc(C(F)(F)F)cc4C[C@@H](C(=O)Nc4ccc(F)cc4)[C@H]3C2)cc1. The quantitative estimate of drug-likeness (QED) is 0.489. The molecule has 35 heavy (non-hydrogen) atoms. The Hall–Kier alpha value is -3.55. The van der Waals surface area contributed by atoms with Gasteiger partial charge in [0, 0.05) is 36.7 Å². The van der Waals surface area contributed by atoms with Crippen molar-refractivity contribution in [1.29, 1.82) is 0 Å². The molecule has 8 heteroatoms. The Morgan fingerprint density at radius 1 is 0.971 bits per heavy atom. The van der Waals surface area contributed by atoms with Crippen LogP contribution in [0.2, 0.25) is 0 Å². The van der Waals surface area contributed by atoms with Crippen LogP contribution in [0.4, 0.5) is 34.6 Å². The molecule has 0 aliphatic carbocycles. The van der Waals surface area contributed by atoms with Gasteiger partial charge in [0.2, 0.25) is 5.91 Å². The first-order chi connectivity index (χ1) is 16.7. The number of aryl methyl sites for hydroxylation is 1. The number of anilines is 3. The second-order valence-corrected chi connectivity index (χ2v) is 9.19. The number of halogens is 4. The Morgan fingerprint density at radius 2 is 1.69 bits per heavy atom. The van der Waals surface area contributed by atoms with Gasteiger partial charge in [0.05, 0.1) is 17.5 Å². The molecule has 0 radical (unpaired) electrons. The van der Waals surface area contributed by atoms with E-state index in [0.29, 0.717) is 30.9 Å². The lowest BCUT2D eigenvalue weighted by atomic mass is 9.82. The van der Waals surface area contributed by atoms with E-state index < -0.39 is 23.5 Å². The number of rotatable bonds is 3. The van der Waals surface area contributed by atoms with Gasteiger partial charge in [-0.2, -0.15) is 13.2 Å². The fourth-order valence-electron chi connectivity index (χ4n) is 5.06. The number of amides is 1. The molecule has 5 rings (SSSR count). The minimum absolute atomic E-state index is 0.190. The van der Waals surface area contributed by atoms with Gasteiger partial charge in [0.25, 0.3) is 0 Å². The predicted octanol–water partition coefficient (Wildman–Crippen LogP) is 5.66. The van der Waals surface area contributed by atoms with Crippen LogP contribution in [-0.4, -0.2) is 31.6 Å². The summed E-state index contributed by atoms with van der Waals surface area (Å²) < 4.78 is 53.5. The van der Waals surface area contributed by atoms with Crippen LogP contribution in [-0.2, 0) is 17.4 Å². The first kappa shape index (κ1) is 23.2. The zero-order chi connectivity index (χ0) is 24.7. The second kappa shape index (κ2) is 8.91. The Bertz CT molecular complexity index is 1220. The molecule has 2 aliphatic rings. The first-order valence-corrected chi connectivity index (χ1v) is 11.5. The molecule has 0 unspecified atom stereocenters. The number of alkyl halides is 3. The number of hydrogen-bond donors (Lipinski definition) is 1. The highest BCUT2D eigenvalue weighted by Gasteiger charge is 2.42. The van der Waals surface area contributed by atoms with Gasteiger partial charge >= 0.3 is 6.18 Å². The number of benzene rings is 3. The third-order valence-electron chi connectivity index (χ3n) is 6.89. The van der Waals surface area contributed by atoms with Crippen molar-refractivity contribution in [1.82, 2.24) is 0 Å². The fraction of sp³-hybridized carbons (Fsp3) is 0.296. The molecular weight excluding hydrogens is 458 g/mol. The van der Waals surface area contributed by atoms with Crippen LogP contribution in [0.15, 0.2) is 66.7 Å². The molecule has 3 aromatic rings. The summed E-state index contributed by atoms with van der Waals surface area (Å²) in [6.07, 6.45) is -4.27. The highest BCUT2D eigenvalue weighted by molar-refractivity contribution is 5.94. The van der Waals surface area contributed by atoms with Crippen molar-refractivity contribution in [2.45, 2.75) is 25.6 Å². The van der Waals surface area contributed by atoms with E-state index >= 15 is 0 Å².